The maximum atomic E-state index is 10.9. The van der Waals surface area contributed by atoms with Gasteiger partial charge >= 0.3 is 0 Å². The minimum atomic E-state index is -0.0279. The molecule has 7 heteroatoms. The molecule has 0 aromatic rings. The largest absolute Gasteiger partial charge is 0.395 e. The number of amides is 2. The van der Waals surface area contributed by atoms with Crippen LogP contribution in [-0.4, -0.2) is 71.5 Å². The number of thiol groups is 2. The molecule has 0 aliphatic rings. The lowest BCUT2D eigenvalue weighted by atomic mass is 10.3. The summed E-state index contributed by atoms with van der Waals surface area (Å²) in [7, 11) is 1.81. The van der Waals surface area contributed by atoms with Gasteiger partial charge in [0, 0.05) is 26.7 Å². The molecule has 1 N–H and O–H groups in total. The Labute approximate surface area is 133 Å². The third-order valence-electron chi connectivity index (χ3n) is 2.65. The topological polar surface area (TPSA) is 60.9 Å². The van der Waals surface area contributed by atoms with Gasteiger partial charge in [0.1, 0.15) is 0 Å². The summed E-state index contributed by atoms with van der Waals surface area (Å²) in [6.07, 6.45) is 2.21. The molecule has 0 aliphatic carbocycles. The van der Waals surface area contributed by atoms with Crippen molar-refractivity contribution >= 4 is 37.1 Å². The molecule has 0 heterocycles. The van der Waals surface area contributed by atoms with Crippen LogP contribution < -0.4 is 0 Å². The molecule has 0 radical (unpaired) electrons. The van der Waals surface area contributed by atoms with Crippen LogP contribution in [0.4, 0.5) is 0 Å². The Morgan fingerprint density at radius 3 is 1.95 bits per heavy atom. The molecule has 0 fully saturated rings. The molecule has 0 saturated heterocycles. The van der Waals surface area contributed by atoms with Crippen LogP contribution in [0.25, 0.3) is 0 Å². The lowest BCUT2D eigenvalue weighted by Gasteiger charge is -2.17. The second kappa shape index (κ2) is 15.0. The van der Waals surface area contributed by atoms with Crippen molar-refractivity contribution < 1.29 is 14.7 Å². The molecule has 2 amide bonds. The van der Waals surface area contributed by atoms with Gasteiger partial charge in [0.2, 0.25) is 11.8 Å². The van der Waals surface area contributed by atoms with E-state index < -0.39 is 0 Å². The summed E-state index contributed by atoms with van der Waals surface area (Å²) in [5, 5.41) is 8.49. The Bertz CT molecular complexity index is 266. The van der Waals surface area contributed by atoms with Crippen molar-refractivity contribution in [3.63, 3.8) is 0 Å². The number of likely N-dealkylation sites (N-methyl/N-ethyl adjacent to an activating group) is 1. The summed E-state index contributed by atoms with van der Waals surface area (Å²) in [5.41, 5.74) is 0. The standard InChI is InChI=1S/C7H15NOS.C6H13NO2S/c1-3-4-5-8(2)7(9)6-10;1-2-7(3-4-8)6(9)5-10/h10H,3-6H2,1-2H3;8,10H,2-5H2,1H3. The van der Waals surface area contributed by atoms with Crippen molar-refractivity contribution in [2.24, 2.45) is 0 Å². The molecule has 0 spiro atoms. The molecule has 0 aromatic carbocycles. The highest BCUT2D eigenvalue weighted by Crippen LogP contribution is 1.93. The summed E-state index contributed by atoms with van der Waals surface area (Å²) in [6.45, 7) is 5.91. The zero-order valence-electron chi connectivity index (χ0n) is 12.7. The van der Waals surface area contributed by atoms with E-state index in [2.05, 4.69) is 32.2 Å². The van der Waals surface area contributed by atoms with Crippen molar-refractivity contribution in [1.29, 1.82) is 0 Å². The van der Waals surface area contributed by atoms with Crippen LogP contribution in [0, 0.1) is 0 Å². The lowest BCUT2D eigenvalue weighted by molar-refractivity contribution is -0.128. The number of hydrogen-bond acceptors (Lipinski definition) is 5. The SMILES string of the molecule is CCCCN(C)C(=O)CS.CCN(CCO)C(=O)CS. The number of nitrogens with zero attached hydrogens (tertiary/aromatic N) is 2. The van der Waals surface area contributed by atoms with Crippen molar-refractivity contribution in [2.75, 3.05) is 44.8 Å². The van der Waals surface area contributed by atoms with Crippen molar-refractivity contribution in [3.8, 4) is 0 Å². The summed E-state index contributed by atoms with van der Waals surface area (Å²) < 4.78 is 0. The maximum Gasteiger partial charge on any atom is 0.232 e. The molecule has 20 heavy (non-hydrogen) atoms. The van der Waals surface area contributed by atoms with Crippen molar-refractivity contribution in [1.82, 2.24) is 9.80 Å². The minimum absolute atomic E-state index is 0.0212. The number of rotatable bonds is 8. The van der Waals surface area contributed by atoms with Gasteiger partial charge in [-0.25, -0.2) is 0 Å². The molecule has 0 saturated carbocycles. The third-order valence-corrected chi connectivity index (χ3v) is 3.19. The van der Waals surface area contributed by atoms with E-state index >= 15 is 0 Å². The second-order valence-electron chi connectivity index (χ2n) is 4.18. The van der Waals surface area contributed by atoms with E-state index in [0.717, 1.165) is 19.4 Å². The van der Waals surface area contributed by atoms with Gasteiger partial charge in [-0.3, -0.25) is 9.59 Å². The fraction of sp³-hybridized carbons (Fsp3) is 0.846. The lowest BCUT2D eigenvalue weighted by Crippen LogP contribution is -2.34. The fourth-order valence-electron chi connectivity index (χ4n) is 1.32. The molecular weight excluding hydrogens is 296 g/mol. The van der Waals surface area contributed by atoms with E-state index in [1.807, 2.05) is 14.0 Å². The predicted octanol–water partition coefficient (Wildman–Crippen LogP) is 0.932. The average Bonchev–Trinajstić information content (AvgIpc) is 2.49. The van der Waals surface area contributed by atoms with Crippen LogP contribution in [-0.2, 0) is 9.59 Å². The maximum absolute atomic E-state index is 10.9. The van der Waals surface area contributed by atoms with Gasteiger partial charge in [0.05, 0.1) is 18.1 Å². The Morgan fingerprint density at radius 2 is 1.60 bits per heavy atom. The van der Waals surface area contributed by atoms with Gasteiger partial charge in [-0.2, -0.15) is 25.3 Å². The zero-order valence-corrected chi connectivity index (χ0v) is 14.5. The second-order valence-corrected chi connectivity index (χ2v) is 4.81. The average molecular weight is 325 g/mol. The number of aliphatic hydroxyl groups is 1. The first-order chi connectivity index (χ1) is 9.48. The number of carbonyl (C=O) groups excluding carboxylic acids is 2. The molecule has 5 nitrogen and oxygen atoms in total. The molecule has 0 atom stereocenters. The van der Waals surface area contributed by atoms with Gasteiger partial charge in [0.25, 0.3) is 0 Å². The molecular formula is C13H28N2O3S2. The number of carbonyl (C=O) groups is 2. The highest BCUT2D eigenvalue weighted by Gasteiger charge is 2.07. The Hall–Kier alpha value is -0.400. The summed E-state index contributed by atoms with van der Waals surface area (Å²) in [4.78, 5) is 25.0. The van der Waals surface area contributed by atoms with Crippen molar-refractivity contribution in [2.45, 2.75) is 26.7 Å². The predicted molar refractivity (Wildman–Crippen MR) is 89.6 cm³/mol. The molecule has 0 rings (SSSR count). The number of hydrogen-bond donors (Lipinski definition) is 3. The van der Waals surface area contributed by atoms with Crippen molar-refractivity contribution in [3.05, 3.63) is 0 Å². The van der Waals surface area contributed by atoms with Gasteiger partial charge in [-0.15, -0.1) is 0 Å². The zero-order chi connectivity index (χ0) is 16.0. The van der Waals surface area contributed by atoms with Crippen LogP contribution in [0.2, 0.25) is 0 Å². The van der Waals surface area contributed by atoms with Gasteiger partial charge < -0.3 is 14.9 Å². The molecule has 0 unspecified atom stereocenters. The highest BCUT2D eigenvalue weighted by atomic mass is 32.1. The van der Waals surface area contributed by atoms with Crippen LogP contribution in [0.1, 0.15) is 26.7 Å². The summed E-state index contributed by atoms with van der Waals surface area (Å²) in [5.74, 6) is 0.616. The molecule has 0 aromatic heterocycles. The van der Waals surface area contributed by atoms with Gasteiger partial charge in [-0.1, -0.05) is 13.3 Å². The van der Waals surface area contributed by atoms with Crippen LogP contribution in [0.5, 0.6) is 0 Å². The summed E-state index contributed by atoms with van der Waals surface area (Å²) >= 11 is 7.71. The van der Waals surface area contributed by atoms with Gasteiger partial charge in [0.15, 0.2) is 0 Å². The Balaban J connectivity index is 0. The first-order valence-corrected chi connectivity index (χ1v) is 8.09. The van der Waals surface area contributed by atoms with Crippen LogP contribution in [0.15, 0.2) is 0 Å². The molecule has 0 aliphatic heterocycles. The van der Waals surface area contributed by atoms with Crippen LogP contribution in [0.3, 0.4) is 0 Å². The molecule has 120 valence electrons. The quantitative estimate of drug-likeness (QED) is 0.582. The third kappa shape index (κ3) is 11.4. The Morgan fingerprint density at radius 1 is 1.05 bits per heavy atom. The van der Waals surface area contributed by atoms with E-state index in [-0.39, 0.29) is 24.2 Å². The van der Waals surface area contributed by atoms with Gasteiger partial charge in [-0.05, 0) is 13.3 Å². The van der Waals surface area contributed by atoms with E-state index in [1.54, 1.807) is 9.80 Å². The normalized spacial score (nSPS) is 9.50. The first kappa shape index (κ1) is 21.9. The van der Waals surface area contributed by atoms with Crippen LogP contribution >= 0.6 is 25.3 Å². The van der Waals surface area contributed by atoms with E-state index in [1.165, 1.54) is 0 Å². The summed E-state index contributed by atoms with van der Waals surface area (Å²) in [6, 6.07) is 0. The fourth-order valence-corrected chi connectivity index (χ4v) is 1.76. The number of unbranched alkanes of at least 4 members (excludes halogenated alkanes) is 1. The Kier molecular flexibility index (Phi) is 16.4. The monoisotopic (exact) mass is 324 g/mol. The smallest absolute Gasteiger partial charge is 0.232 e. The van der Waals surface area contributed by atoms with E-state index in [9.17, 15) is 9.59 Å². The molecule has 0 bridgehead atoms. The van der Waals surface area contributed by atoms with E-state index in [0.29, 0.717) is 18.8 Å². The first-order valence-electron chi connectivity index (χ1n) is 6.82. The number of aliphatic hydroxyl groups excluding tert-OH is 1. The minimum Gasteiger partial charge on any atom is -0.395 e. The van der Waals surface area contributed by atoms with E-state index in [4.69, 9.17) is 5.11 Å². The highest BCUT2D eigenvalue weighted by molar-refractivity contribution is 7.81.